The van der Waals surface area contributed by atoms with E-state index in [1.807, 2.05) is 30.3 Å². The molecule has 1 aliphatic carbocycles. The molecule has 0 saturated heterocycles. The summed E-state index contributed by atoms with van der Waals surface area (Å²) in [6.45, 7) is 1.44. The first-order chi connectivity index (χ1) is 13.6. The van der Waals surface area contributed by atoms with Crippen molar-refractivity contribution in [2.24, 2.45) is 0 Å². The van der Waals surface area contributed by atoms with Gasteiger partial charge in [0.1, 0.15) is 11.6 Å². The molecule has 2 aromatic carbocycles. The van der Waals surface area contributed by atoms with Gasteiger partial charge in [0.2, 0.25) is 5.91 Å². The maximum Gasteiger partial charge on any atom is 0.235 e. The fraction of sp³-hybridized carbons (Fsp3) is 0.435. The van der Waals surface area contributed by atoms with E-state index in [9.17, 15) is 4.79 Å². The average Bonchev–Trinajstić information content (AvgIpc) is 2.76. The molecule has 2 aromatic rings. The number of carbonyl (C=O) groups excluding carboxylic acids is 1. The molecular formula is C23H28ClFN2O2. The van der Waals surface area contributed by atoms with Crippen molar-refractivity contribution in [3.8, 4) is 5.75 Å². The summed E-state index contributed by atoms with van der Waals surface area (Å²) in [4.78, 5) is 13.4. The number of ether oxygens (including phenoxy) is 1. The summed E-state index contributed by atoms with van der Waals surface area (Å²) >= 11 is 0. The minimum atomic E-state index is -0.617. The van der Waals surface area contributed by atoms with Gasteiger partial charge in [-0.3, -0.25) is 4.79 Å². The monoisotopic (exact) mass is 418 g/mol. The molecule has 0 aromatic heterocycles. The van der Waals surface area contributed by atoms with Gasteiger partial charge < -0.3 is 15.4 Å². The second-order valence-corrected chi connectivity index (χ2v) is 7.82. The number of benzene rings is 2. The molecule has 0 bridgehead atoms. The number of hydrogen-bond donors (Lipinski definition) is 2. The van der Waals surface area contributed by atoms with E-state index in [0.717, 1.165) is 61.1 Å². The smallest absolute Gasteiger partial charge is 0.235 e. The van der Waals surface area contributed by atoms with Gasteiger partial charge in [0, 0.05) is 6.54 Å². The topological polar surface area (TPSA) is 50.4 Å². The number of hydrogen-bond acceptors (Lipinski definition) is 3. The van der Waals surface area contributed by atoms with Crippen LogP contribution >= 0.6 is 12.4 Å². The first-order valence-corrected chi connectivity index (χ1v) is 10.1. The summed E-state index contributed by atoms with van der Waals surface area (Å²) in [5.74, 6) is 0.377. The van der Waals surface area contributed by atoms with Crippen LogP contribution in [0.3, 0.4) is 0 Å². The van der Waals surface area contributed by atoms with Crippen LogP contribution in [0, 0.1) is 5.82 Å². The third kappa shape index (κ3) is 4.12. The van der Waals surface area contributed by atoms with Gasteiger partial charge in [0.25, 0.3) is 0 Å². The summed E-state index contributed by atoms with van der Waals surface area (Å²) in [7, 11) is 1.63. The first kappa shape index (κ1) is 21.6. The molecule has 1 aliphatic heterocycles. The second kappa shape index (κ2) is 9.14. The van der Waals surface area contributed by atoms with Crippen molar-refractivity contribution in [1.82, 2.24) is 5.32 Å². The highest BCUT2D eigenvalue weighted by Crippen LogP contribution is 2.41. The highest BCUT2D eigenvalue weighted by molar-refractivity contribution is 5.99. The maximum atomic E-state index is 15.0. The normalized spacial score (nSPS) is 17.6. The van der Waals surface area contributed by atoms with E-state index in [4.69, 9.17) is 4.74 Å². The van der Waals surface area contributed by atoms with Crippen LogP contribution < -0.4 is 15.4 Å². The largest absolute Gasteiger partial charge is 0.497 e. The van der Waals surface area contributed by atoms with Crippen LogP contribution in [0.25, 0.3) is 0 Å². The molecule has 4 rings (SSSR count). The van der Waals surface area contributed by atoms with Gasteiger partial charge >= 0.3 is 0 Å². The fourth-order valence-corrected chi connectivity index (χ4v) is 4.58. The zero-order valence-electron chi connectivity index (χ0n) is 16.7. The highest BCUT2D eigenvalue weighted by Gasteiger charge is 2.41. The van der Waals surface area contributed by atoms with Crippen molar-refractivity contribution >= 4 is 24.0 Å². The van der Waals surface area contributed by atoms with Gasteiger partial charge in [-0.25, -0.2) is 4.39 Å². The SMILES string of the molecule is COc1ccc(C2(C(=O)Nc3ccc4c(c3F)CCNC4)CCCCC2)cc1.Cl. The third-order valence-corrected chi connectivity index (χ3v) is 6.24. The Labute approximate surface area is 177 Å². The minimum Gasteiger partial charge on any atom is -0.497 e. The Morgan fingerprint density at radius 1 is 1.10 bits per heavy atom. The molecule has 6 heteroatoms. The number of fused-ring (bicyclic) bond motifs is 1. The summed E-state index contributed by atoms with van der Waals surface area (Å²) in [6.07, 6.45) is 5.33. The molecule has 0 atom stereocenters. The van der Waals surface area contributed by atoms with Crippen molar-refractivity contribution in [2.75, 3.05) is 19.0 Å². The number of amides is 1. The van der Waals surface area contributed by atoms with Gasteiger partial charge in [0.15, 0.2) is 0 Å². The van der Waals surface area contributed by atoms with Crippen molar-refractivity contribution in [2.45, 2.75) is 50.5 Å². The summed E-state index contributed by atoms with van der Waals surface area (Å²) in [6, 6.07) is 11.3. The van der Waals surface area contributed by atoms with E-state index in [2.05, 4.69) is 10.6 Å². The summed E-state index contributed by atoms with van der Waals surface area (Å²) in [5.41, 5.74) is 2.36. The second-order valence-electron chi connectivity index (χ2n) is 7.82. The third-order valence-electron chi connectivity index (χ3n) is 6.24. The van der Waals surface area contributed by atoms with E-state index in [-0.39, 0.29) is 24.1 Å². The van der Waals surface area contributed by atoms with Crippen molar-refractivity contribution < 1.29 is 13.9 Å². The van der Waals surface area contributed by atoms with Crippen molar-refractivity contribution in [3.05, 3.63) is 58.9 Å². The Morgan fingerprint density at radius 3 is 2.52 bits per heavy atom. The number of anilines is 1. The van der Waals surface area contributed by atoms with Gasteiger partial charge in [0.05, 0.1) is 18.2 Å². The number of methoxy groups -OCH3 is 1. The van der Waals surface area contributed by atoms with Crippen LogP contribution in [0.5, 0.6) is 5.75 Å². The van der Waals surface area contributed by atoms with Crippen molar-refractivity contribution in [3.63, 3.8) is 0 Å². The molecule has 4 nitrogen and oxygen atoms in total. The zero-order valence-corrected chi connectivity index (χ0v) is 17.5. The van der Waals surface area contributed by atoms with Crippen LogP contribution in [0.2, 0.25) is 0 Å². The first-order valence-electron chi connectivity index (χ1n) is 10.1. The molecule has 156 valence electrons. The molecule has 1 fully saturated rings. The van der Waals surface area contributed by atoms with Gasteiger partial charge in [-0.15, -0.1) is 12.4 Å². The predicted octanol–water partition coefficient (Wildman–Crippen LogP) is 4.74. The Hall–Kier alpha value is -2.11. The van der Waals surface area contributed by atoms with Crippen LogP contribution in [-0.4, -0.2) is 19.6 Å². The van der Waals surface area contributed by atoms with E-state index >= 15 is 4.39 Å². The molecule has 2 N–H and O–H groups in total. The predicted molar refractivity (Wildman–Crippen MR) is 115 cm³/mol. The fourth-order valence-electron chi connectivity index (χ4n) is 4.58. The molecule has 1 saturated carbocycles. The highest BCUT2D eigenvalue weighted by atomic mass is 35.5. The Bertz CT molecular complexity index is 864. The summed E-state index contributed by atoms with van der Waals surface area (Å²) in [5, 5.41) is 6.19. The molecule has 0 unspecified atom stereocenters. The van der Waals surface area contributed by atoms with E-state index in [1.54, 1.807) is 13.2 Å². The number of carbonyl (C=O) groups is 1. The average molecular weight is 419 g/mol. The standard InChI is InChI=1S/C23H27FN2O2.ClH/c1-28-18-8-6-17(7-9-18)23(12-3-2-4-13-23)22(27)26-20-10-5-16-15-25-14-11-19(16)21(20)24;/h5-10,25H,2-4,11-15H2,1H3,(H,26,27);1H. The van der Waals surface area contributed by atoms with Crippen LogP contribution in [-0.2, 0) is 23.2 Å². The Kier molecular flexibility index (Phi) is 6.81. The van der Waals surface area contributed by atoms with E-state index in [1.165, 1.54) is 0 Å². The van der Waals surface area contributed by atoms with Gasteiger partial charge in [-0.1, -0.05) is 37.5 Å². The molecule has 0 spiro atoms. The number of nitrogens with one attached hydrogen (secondary N) is 2. The molecule has 2 aliphatic rings. The van der Waals surface area contributed by atoms with Gasteiger partial charge in [-0.2, -0.15) is 0 Å². The lowest BCUT2D eigenvalue weighted by atomic mass is 9.68. The lowest BCUT2D eigenvalue weighted by Gasteiger charge is -2.36. The Balaban J connectivity index is 0.00000240. The number of rotatable bonds is 4. The van der Waals surface area contributed by atoms with Crippen LogP contribution in [0.1, 0.15) is 48.8 Å². The van der Waals surface area contributed by atoms with E-state index < -0.39 is 5.41 Å². The maximum absolute atomic E-state index is 15.0. The molecule has 1 heterocycles. The summed E-state index contributed by atoms with van der Waals surface area (Å²) < 4.78 is 20.3. The van der Waals surface area contributed by atoms with Crippen LogP contribution in [0.15, 0.2) is 36.4 Å². The van der Waals surface area contributed by atoms with E-state index in [0.29, 0.717) is 18.7 Å². The van der Waals surface area contributed by atoms with Gasteiger partial charge in [-0.05, 0) is 60.7 Å². The zero-order chi connectivity index (χ0) is 19.6. The Morgan fingerprint density at radius 2 is 1.83 bits per heavy atom. The molecular weight excluding hydrogens is 391 g/mol. The molecule has 0 radical (unpaired) electrons. The van der Waals surface area contributed by atoms with Crippen molar-refractivity contribution in [1.29, 1.82) is 0 Å². The lowest BCUT2D eigenvalue weighted by Crippen LogP contribution is -2.42. The lowest BCUT2D eigenvalue weighted by molar-refractivity contribution is -0.122. The number of halogens is 2. The minimum absolute atomic E-state index is 0. The molecule has 1 amide bonds. The van der Waals surface area contributed by atoms with Crippen LogP contribution in [0.4, 0.5) is 10.1 Å². The quantitative estimate of drug-likeness (QED) is 0.753. The molecule has 29 heavy (non-hydrogen) atoms.